The van der Waals surface area contributed by atoms with Crippen molar-refractivity contribution >= 4 is 11.6 Å². The summed E-state index contributed by atoms with van der Waals surface area (Å²) in [6, 6.07) is 5.29. The van der Waals surface area contributed by atoms with Gasteiger partial charge >= 0.3 is 6.18 Å². The predicted octanol–water partition coefficient (Wildman–Crippen LogP) is 3.50. The fourth-order valence-corrected chi connectivity index (χ4v) is 1.82. The first kappa shape index (κ1) is 16.3. The third-order valence-corrected chi connectivity index (χ3v) is 2.77. The quantitative estimate of drug-likeness (QED) is 0.787. The maximum Gasteiger partial charge on any atom is 0.389 e. The van der Waals surface area contributed by atoms with Crippen LogP contribution in [0.3, 0.4) is 0 Å². The minimum absolute atomic E-state index is 0.0206. The van der Waals surface area contributed by atoms with Gasteiger partial charge in [-0.2, -0.15) is 13.2 Å². The lowest BCUT2D eigenvalue weighted by Crippen LogP contribution is -2.26. The first-order valence-corrected chi connectivity index (χ1v) is 6.53. The second-order valence-electron chi connectivity index (χ2n) is 4.53. The summed E-state index contributed by atoms with van der Waals surface area (Å²) in [5.41, 5.74) is 2.19. The number of alkyl halides is 3. The highest BCUT2D eigenvalue weighted by Gasteiger charge is 2.26. The van der Waals surface area contributed by atoms with Crippen molar-refractivity contribution in [1.82, 2.24) is 5.32 Å². The normalized spacial score (nSPS) is 11.2. The van der Waals surface area contributed by atoms with Crippen LogP contribution in [0.1, 0.15) is 35.7 Å². The van der Waals surface area contributed by atoms with Gasteiger partial charge in [-0.1, -0.05) is 0 Å². The van der Waals surface area contributed by atoms with E-state index in [0.29, 0.717) is 5.56 Å². The van der Waals surface area contributed by atoms with Crippen molar-refractivity contribution in [2.24, 2.45) is 0 Å². The molecule has 0 aliphatic heterocycles. The third-order valence-electron chi connectivity index (χ3n) is 2.77. The van der Waals surface area contributed by atoms with Crippen LogP contribution in [0.15, 0.2) is 18.2 Å². The molecule has 3 nitrogen and oxygen atoms in total. The molecule has 0 fully saturated rings. The van der Waals surface area contributed by atoms with E-state index in [0.717, 1.165) is 17.8 Å². The molecule has 0 spiro atoms. The molecule has 0 heterocycles. The Balaban J connectivity index is 2.51. The summed E-state index contributed by atoms with van der Waals surface area (Å²) in [5, 5.41) is 5.63. The number of carbonyl (C=O) groups is 1. The Kier molecular flexibility index (Phi) is 5.85. The number of hydrogen-bond acceptors (Lipinski definition) is 2. The number of rotatable bonds is 6. The second kappa shape index (κ2) is 7.17. The lowest BCUT2D eigenvalue weighted by atomic mass is 10.1. The van der Waals surface area contributed by atoms with Gasteiger partial charge in [0.15, 0.2) is 0 Å². The largest absolute Gasteiger partial charge is 0.389 e. The monoisotopic (exact) mass is 288 g/mol. The van der Waals surface area contributed by atoms with Gasteiger partial charge in [0.2, 0.25) is 0 Å². The van der Waals surface area contributed by atoms with E-state index in [1.165, 1.54) is 0 Å². The van der Waals surface area contributed by atoms with Crippen LogP contribution < -0.4 is 10.6 Å². The van der Waals surface area contributed by atoms with E-state index in [1.807, 2.05) is 13.0 Å². The topological polar surface area (TPSA) is 41.1 Å². The number of benzene rings is 1. The predicted molar refractivity (Wildman–Crippen MR) is 73.0 cm³/mol. The summed E-state index contributed by atoms with van der Waals surface area (Å²) in [4.78, 5) is 11.8. The number of anilines is 1. The lowest BCUT2D eigenvalue weighted by Gasteiger charge is -2.11. The smallest absolute Gasteiger partial charge is 0.385 e. The number of halogens is 3. The van der Waals surface area contributed by atoms with E-state index in [1.54, 1.807) is 19.1 Å². The first-order valence-electron chi connectivity index (χ1n) is 6.53. The molecule has 0 radical (unpaired) electrons. The highest BCUT2D eigenvalue weighted by atomic mass is 19.4. The van der Waals surface area contributed by atoms with Gasteiger partial charge in [0.1, 0.15) is 0 Å². The summed E-state index contributed by atoms with van der Waals surface area (Å²) >= 11 is 0. The molecule has 0 atom stereocenters. The number of hydrogen-bond donors (Lipinski definition) is 2. The molecule has 1 aromatic carbocycles. The van der Waals surface area contributed by atoms with Crippen molar-refractivity contribution in [3.63, 3.8) is 0 Å². The average molecular weight is 288 g/mol. The first-order chi connectivity index (χ1) is 9.33. The van der Waals surface area contributed by atoms with Gasteiger partial charge in [0.05, 0.1) is 0 Å². The van der Waals surface area contributed by atoms with Crippen LogP contribution in [0.25, 0.3) is 0 Å². The Hall–Kier alpha value is -1.72. The minimum Gasteiger partial charge on any atom is -0.385 e. The van der Waals surface area contributed by atoms with Crippen LogP contribution in [0.4, 0.5) is 18.9 Å². The van der Waals surface area contributed by atoms with Gasteiger partial charge in [-0.3, -0.25) is 4.79 Å². The van der Waals surface area contributed by atoms with E-state index in [2.05, 4.69) is 10.6 Å². The second-order valence-corrected chi connectivity index (χ2v) is 4.53. The number of aryl methyl sites for hydroxylation is 1. The fourth-order valence-electron chi connectivity index (χ4n) is 1.82. The minimum atomic E-state index is -4.17. The van der Waals surface area contributed by atoms with Crippen molar-refractivity contribution in [2.45, 2.75) is 32.9 Å². The lowest BCUT2D eigenvalue weighted by molar-refractivity contribution is -0.135. The Morgan fingerprint density at radius 3 is 2.55 bits per heavy atom. The number of nitrogens with one attached hydrogen (secondary N) is 2. The zero-order valence-corrected chi connectivity index (χ0v) is 11.6. The summed E-state index contributed by atoms with van der Waals surface area (Å²) < 4.78 is 35.9. The SMILES string of the molecule is CCNc1ccc(C(=O)NCCCC(F)(F)F)c(C)c1. The molecule has 112 valence electrons. The molecule has 1 amide bonds. The molecule has 0 bridgehead atoms. The Morgan fingerprint density at radius 2 is 2.00 bits per heavy atom. The van der Waals surface area contributed by atoms with Crippen molar-refractivity contribution in [2.75, 3.05) is 18.4 Å². The summed E-state index contributed by atoms with van der Waals surface area (Å²) in [6.07, 6.45) is -5.16. The van der Waals surface area contributed by atoms with E-state index < -0.39 is 12.6 Å². The van der Waals surface area contributed by atoms with Crippen molar-refractivity contribution in [3.8, 4) is 0 Å². The van der Waals surface area contributed by atoms with E-state index in [4.69, 9.17) is 0 Å². The molecule has 6 heteroatoms. The van der Waals surface area contributed by atoms with E-state index >= 15 is 0 Å². The number of amides is 1. The van der Waals surface area contributed by atoms with Crippen LogP contribution in [0.5, 0.6) is 0 Å². The molecule has 0 aliphatic carbocycles. The number of carbonyl (C=O) groups excluding carboxylic acids is 1. The van der Waals surface area contributed by atoms with Crippen molar-refractivity contribution < 1.29 is 18.0 Å². The maximum atomic E-state index is 12.0. The zero-order chi connectivity index (χ0) is 15.2. The Bertz CT molecular complexity index is 458. The molecule has 0 saturated carbocycles. The standard InChI is InChI=1S/C14H19F3N2O/c1-3-18-11-5-6-12(10(2)9-11)13(20)19-8-4-7-14(15,16)17/h5-6,9,18H,3-4,7-8H2,1-2H3,(H,19,20). The molecule has 1 aromatic rings. The van der Waals surface area contributed by atoms with Gasteiger partial charge in [0, 0.05) is 30.8 Å². The van der Waals surface area contributed by atoms with Crippen LogP contribution >= 0.6 is 0 Å². The molecule has 0 saturated heterocycles. The third kappa shape index (κ3) is 5.50. The maximum absolute atomic E-state index is 12.0. The van der Waals surface area contributed by atoms with Gasteiger partial charge in [-0.05, 0) is 44.0 Å². The van der Waals surface area contributed by atoms with Crippen LogP contribution in [-0.2, 0) is 0 Å². The molecule has 0 aliphatic rings. The molecule has 0 aromatic heterocycles. The summed E-state index contributed by atoms with van der Waals surface area (Å²) in [5.74, 6) is -0.340. The molecular weight excluding hydrogens is 269 g/mol. The van der Waals surface area contributed by atoms with E-state index in [9.17, 15) is 18.0 Å². The average Bonchev–Trinajstić information content (AvgIpc) is 2.34. The highest BCUT2D eigenvalue weighted by Crippen LogP contribution is 2.20. The van der Waals surface area contributed by atoms with Crippen LogP contribution in [0, 0.1) is 6.92 Å². The summed E-state index contributed by atoms with van der Waals surface area (Å²) in [7, 11) is 0. The van der Waals surface area contributed by atoms with Crippen molar-refractivity contribution in [1.29, 1.82) is 0 Å². The molecule has 0 unspecified atom stereocenters. The van der Waals surface area contributed by atoms with Crippen molar-refractivity contribution in [3.05, 3.63) is 29.3 Å². The molecule has 2 N–H and O–H groups in total. The zero-order valence-electron chi connectivity index (χ0n) is 11.6. The van der Waals surface area contributed by atoms with Gasteiger partial charge in [-0.25, -0.2) is 0 Å². The van der Waals surface area contributed by atoms with E-state index in [-0.39, 0.29) is 18.9 Å². The fraction of sp³-hybridized carbons (Fsp3) is 0.500. The molecule has 1 rings (SSSR count). The van der Waals surface area contributed by atoms with Gasteiger partial charge in [0.25, 0.3) is 5.91 Å². The van der Waals surface area contributed by atoms with Crippen LogP contribution in [0.2, 0.25) is 0 Å². The van der Waals surface area contributed by atoms with Gasteiger partial charge in [-0.15, -0.1) is 0 Å². The van der Waals surface area contributed by atoms with Crippen LogP contribution in [-0.4, -0.2) is 25.2 Å². The Labute approximate surface area is 116 Å². The highest BCUT2D eigenvalue weighted by molar-refractivity contribution is 5.96. The van der Waals surface area contributed by atoms with Gasteiger partial charge < -0.3 is 10.6 Å². The summed E-state index contributed by atoms with van der Waals surface area (Å²) in [6.45, 7) is 4.57. The molecule has 20 heavy (non-hydrogen) atoms. The Morgan fingerprint density at radius 1 is 1.30 bits per heavy atom. The molecular formula is C14H19F3N2O.